The summed E-state index contributed by atoms with van der Waals surface area (Å²) in [7, 11) is 0. The van der Waals surface area contributed by atoms with Gasteiger partial charge in [0.15, 0.2) is 0 Å². The van der Waals surface area contributed by atoms with Crippen LogP contribution in [0.2, 0.25) is 0 Å². The van der Waals surface area contributed by atoms with Gasteiger partial charge in [-0.3, -0.25) is 4.79 Å². The van der Waals surface area contributed by atoms with Crippen LogP contribution >= 0.6 is 0 Å². The van der Waals surface area contributed by atoms with Crippen LogP contribution in [0.4, 0.5) is 5.69 Å². The Kier molecular flexibility index (Phi) is 3.73. The summed E-state index contributed by atoms with van der Waals surface area (Å²) in [6.07, 6.45) is 2.61. The highest BCUT2D eigenvalue weighted by molar-refractivity contribution is 6.07. The molecule has 21 heavy (non-hydrogen) atoms. The smallest absolute Gasteiger partial charge is 0.258 e. The van der Waals surface area contributed by atoms with Gasteiger partial charge in [-0.25, -0.2) is 0 Å². The van der Waals surface area contributed by atoms with Crippen LogP contribution < -0.4 is 9.64 Å². The van der Waals surface area contributed by atoms with E-state index in [1.165, 1.54) is 5.56 Å². The normalized spacial score (nSPS) is 12.9. The van der Waals surface area contributed by atoms with Crippen molar-refractivity contribution in [1.82, 2.24) is 0 Å². The van der Waals surface area contributed by atoms with Crippen LogP contribution in [0.1, 0.15) is 15.9 Å². The highest BCUT2D eigenvalue weighted by Gasteiger charge is 2.24. The molecule has 0 saturated carbocycles. The molecular weight excluding hydrogens is 262 g/mol. The topological polar surface area (TPSA) is 29.5 Å². The molecule has 0 saturated heterocycles. The van der Waals surface area contributed by atoms with Crippen molar-refractivity contribution in [2.75, 3.05) is 18.1 Å². The summed E-state index contributed by atoms with van der Waals surface area (Å²) in [5, 5.41) is 0. The number of fused-ring (bicyclic) bond motifs is 1. The van der Waals surface area contributed by atoms with E-state index in [-0.39, 0.29) is 5.91 Å². The third kappa shape index (κ3) is 2.68. The predicted octanol–water partition coefficient (Wildman–Crippen LogP) is 3.45. The first kappa shape index (κ1) is 13.4. The molecule has 0 unspecified atom stereocenters. The second kappa shape index (κ2) is 5.83. The number of nitrogens with zero attached hydrogens (tertiary/aromatic N) is 1. The number of carbonyl (C=O) groups is 1. The molecule has 0 N–H and O–H groups in total. The SMILES string of the molecule is C=CCOc1ccc(C(=O)N2CCc3ccccc32)cc1. The molecule has 0 bridgehead atoms. The fourth-order valence-electron chi connectivity index (χ4n) is 2.55. The van der Waals surface area contributed by atoms with Gasteiger partial charge in [-0.15, -0.1) is 0 Å². The predicted molar refractivity (Wildman–Crippen MR) is 84.0 cm³/mol. The number of para-hydroxylation sites is 1. The van der Waals surface area contributed by atoms with Gasteiger partial charge >= 0.3 is 0 Å². The average Bonchev–Trinajstić information content (AvgIpc) is 2.97. The van der Waals surface area contributed by atoms with Crippen molar-refractivity contribution in [2.45, 2.75) is 6.42 Å². The van der Waals surface area contributed by atoms with Gasteiger partial charge in [0, 0.05) is 17.8 Å². The van der Waals surface area contributed by atoms with Crippen LogP contribution in [0.5, 0.6) is 5.75 Å². The van der Waals surface area contributed by atoms with Crippen LogP contribution in [0.25, 0.3) is 0 Å². The summed E-state index contributed by atoms with van der Waals surface area (Å²) in [6, 6.07) is 15.3. The standard InChI is InChI=1S/C18H17NO2/c1-2-13-21-16-9-7-15(8-10-16)18(20)19-12-11-14-5-3-4-6-17(14)19/h2-10H,1,11-13H2. The molecule has 3 heteroatoms. The van der Waals surface area contributed by atoms with E-state index in [1.807, 2.05) is 47.4 Å². The lowest BCUT2D eigenvalue weighted by atomic mass is 10.1. The van der Waals surface area contributed by atoms with E-state index < -0.39 is 0 Å². The van der Waals surface area contributed by atoms with Gasteiger partial charge in [-0.1, -0.05) is 30.9 Å². The molecule has 2 aromatic carbocycles. The van der Waals surface area contributed by atoms with E-state index in [2.05, 4.69) is 12.6 Å². The third-order valence-electron chi connectivity index (χ3n) is 3.60. The second-order valence-electron chi connectivity index (χ2n) is 4.96. The summed E-state index contributed by atoms with van der Waals surface area (Å²) in [5.74, 6) is 0.781. The van der Waals surface area contributed by atoms with Crippen molar-refractivity contribution in [3.05, 3.63) is 72.3 Å². The van der Waals surface area contributed by atoms with Crippen molar-refractivity contribution in [3.63, 3.8) is 0 Å². The largest absolute Gasteiger partial charge is 0.490 e. The van der Waals surface area contributed by atoms with Crippen molar-refractivity contribution >= 4 is 11.6 Å². The molecule has 0 atom stereocenters. The Balaban J connectivity index is 1.78. The fraction of sp³-hybridized carbons (Fsp3) is 0.167. The zero-order chi connectivity index (χ0) is 14.7. The first-order valence-electron chi connectivity index (χ1n) is 7.03. The highest BCUT2D eigenvalue weighted by Crippen LogP contribution is 2.29. The van der Waals surface area contributed by atoms with E-state index >= 15 is 0 Å². The van der Waals surface area contributed by atoms with E-state index in [4.69, 9.17) is 4.74 Å². The number of benzene rings is 2. The van der Waals surface area contributed by atoms with Gasteiger partial charge in [0.05, 0.1) is 0 Å². The molecule has 106 valence electrons. The molecule has 1 aliphatic rings. The molecular formula is C18H17NO2. The molecule has 0 aliphatic carbocycles. The fourth-order valence-corrected chi connectivity index (χ4v) is 2.55. The molecule has 3 rings (SSSR count). The van der Waals surface area contributed by atoms with Crippen molar-refractivity contribution in [3.8, 4) is 5.75 Å². The monoisotopic (exact) mass is 279 g/mol. The van der Waals surface area contributed by atoms with Crippen LogP contribution in [0.15, 0.2) is 61.2 Å². The Morgan fingerprint density at radius 3 is 2.71 bits per heavy atom. The van der Waals surface area contributed by atoms with Gasteiger partial charge in [0.25, 0.3) is 5.91 Å². The maximum absolute atomic E-state index is 12.6. The minimum Gasteiger partial charge on any atom is -0.490 e. The van der Waals surface area contributed by atoms with Gasteiger partial charge in [0.2, 0.25) is 0 Å². The zero-order valence-electron chi connectivity index (χ0n) is 11.8. The lowest BCUT2D eigenvalue weighted by Gasteiger charge is -2.17. The molecule has 3 nitrogen and oxygen atoms in total. The Hall–Kier alpha value is -2.55. The Bertz CT molecular complexity index is 661. The number of carbonyl (C=O) groups excluding carboxylic acids is 1. The Morgan fingerprint density at radius 2 is 1.95 bits per heavy atom. The van der Waals surface area contributed by atoms with Gasteiger partial charge in [-0.2, -0.15) is 0 Å². The van der Waals surface area contributed by atoms with E-state index in [9.17, 15) is 4.79 Å². The summed E-state index contributed by atoms with van der Waals surface area (Å²) in [4.78, 5) is 14.4. The molecule has 1 aliphatic heterocycles. The maximum Gasteiger partial charge on any atom is 0.258 e. The Morgan fingerprint density at radius 1 is 1.19 bits per heavy atom. The minimum absolute atomic E-state index is 0.0372. The van der Waals surface area contributed by atoms with Crippen molar-refractivity contribution in [2.24, 2.45) is 0 Å². The highest BCUT2D eigenvalue weighted by atomic mass is 16.5. The molecule has 1 heterocycles. The van der Waals surface area contributed by atoms with Crippen molar-refractivity contribution in [1.29, 1.82) is 0 Å². The summed E-state index contributed by atoms with van der Waals surface area (Å²) >= 11 is 0. The van der Waals surface area contributed by atoms with Crippen LogP contribution in [0, 0.1) is 0 Å². The Labute approximate surface area is 124 Å². The van der Waals surface area contributed by atoms with Crippen LogP contribution in [-0.2, 0) is 6.42 Å². The summed E-state index contributed by atoms with van der Waals surface area (Å²) < 4.78 is 5.43. The average molecular weight is 279 g/mol. The first-order chi connectivity index (χ1) is 10.3. The number of ether oxygens (including phenoxy) is 1. The van der Waals surface area contributed by atoms with Gasteiger partial charge in [0.1, 0.15) is 12.4 Å². The second-order valence-corrected chi connectivity index (χ2v) is 4.96. The van der Waals surface area contributed by atoms with Crippen LogP contribution in [0.3, 0.4) is 0 Å². The lowest BCUT2D eigenvalue weighted by Crippen LogP contribution is -2.28. The molecule has 0 aromatic heterocycles. The van der Waals surface area contributed by atoms with E-state index in [0.29, 0.717) is 12.2 Å². The quantitative estimate of drug-likeness (QED) is 0.802. The van der Waals surface area contributed by atoms with Crippen molar-refractivity contribution < 1.29 is 9.53 Å². The lowest BCUT2D eigenvalue weighted by molar-refractivity contribution is 0.0989. The molecule has 0 radical (unpaired) electrons. The number of anilines is 1. The molecule has 0 fully saturated rings. The summed E-state index contributed by atoms with van der Waals surface area (Å²) in [5.41, 5.74) is 2.93. The zero-order valence-corrected chi connectivity index (χ0v) is 11.8. The first-order valence-corrected chi connectivity index (χ1v) is 7.03. The molecule has 0 spiro atoms. The molecule has 1 amide bonds. The number of hydrogen-bond donors (Lipinski definition) is 0. The summed E-state index contributed by atoms with van der Waals surface area (Å²) in [6.45, 7) is 4.82. The van der Waals surface area contributed by atoms with Gasteiger partial charge in [-0.05, 0) is 42.3 Å². The molecule has 2 aromatic rings. The van der Waals surface area contributed by atoms with E-state index in [1.54, 1.807) is 6.08 Å². The van der Waals surface area contributed by atoms with Crippen LogP contribution in [-0.4, -0.2) is 19.1 Å². The van der Waals surface area contributed by atoms with E-state index in [0.717, 1.165) is 24.4 Å². The number of hydrogen-bond acceptors (Lipinski definition) is 2. The number of amides is 1. The minimum atomic E-state index is 0.0372. The third-order valence-corrected chi connectivity index (χ3v) is 3.60. The maximum atomic E-state index is 12.6. The van der Waals surface area contributed by atoms with Gasteiger partial charge < -0.3 is 9.64 Å². The number of rotatable bonds is 4.